The third-order valence-corrected chi connectivity index (χ3v) is 3.80. The molecule has 1 fully saturated rings. The van der Waals surface area contributed by atoms with Gasteiger partial charge in [-0.2, -0.15) is 0 Å². The maximum absolute atomic E-state index is 4.05. The van der Waals surface area contributed by atoms with Crippen LogP contribution in [0.1, 0.15) is 58.8 Å². The van der Waals surface area contributed by atoms with E-state index in [-0.39, 0.29) is 5.54 Å². The van der Waals surface area contributed by atoms with Crippen LogP contribution < -0.4 is 0 Å². The fraction of sp³-hybridized carbons (Fsp3) is 0.857. The Morgan fingerprint density at radius 3 is 2.40 bits per heavy atom. The molecule has 1 atom stereocenters. The van der Waals surface area contributed by atoms with E-state index in [9.17, 15) is 0 Å². The number of rotatable bonds is 6. The number of hydrogen-bond acceptors (Lipinski definition) is 1. The molecule has 0 spiro atoms. The second-order valence-corrected chi connectivity index (χ2v) is 5.07. The van der Waals surface area contributed by atoms with Crippen LogP contribution in [0.15, 0.2) is 12.7 Å². The largest absolute Gasteiger partial charge is 0.294 e. The summed E-state index contributed by atoms with van der Waals surface area (Å²) in [5, 5.41) is 0. The molecule has 0 saturated carbocycles. The molecule has 0 aliphatic carbocycles. The fourth-order valence-corrected chi connectivity index (χ4v) is 2.53. The highest BCUT2D eigenvalue weighted by Crippen LogP contribution is 2.27. The van der Waals surface area contributed by atoms with Gasteiger partial charge >= 0.3 is 0 Å². The number of nitrogens with zero attached hydrogens (tertiary/aromatic N) is 1. The predicted octanol–water partition coefficient (Wildman–Crippen LogP) is 4.00. The van der Waals surface area contributed by atoms with Crippen LogP contribution >= 0.6 is 0 Å². The summed E-state index contributed by atoms with van der Waals surface area (Å²) in [5.74, 6) is 0. The molecule has 1 rings (SSSR count). The first-order valence-electron chi connectivity index (χ1n) is 6.61. The molecule has 1 heteroatoms. The van der Waals surface area contributed by atoms with E-state index >= 15 is 0 Å². The molecular formula is C14H27N. The first-order valence-corrected chi connectivity index (χ1v) is 6.61. The highest BCUT2D eigenvalue weighted by Gasteiger charge is 2.28. The van der Waals surface area contributed by atoms with E-state index in [1.54, 1.807) is 0 Å². The van der Waals surface area contributed by atoms with E-state index < -0.39 is 0 Å². The topological polar surface area (TPSA) is 3.24 Å². The Morgan fingerprint density at radius 2 is 1.87 bits per heavy atom. The van der Waals surface area contributed by atoms with Crippen molar-refractivity contribution in [2.45, 2.75) is 64.3 Å². The molecule has 0 aromatic carbocycles. The number of piperidine rings is 1. The van der Waals surface area contributed by atoms with Gasteiger partial charge in [0.2, 0.25) is 0 Å². The van der Waals surface area contributed by atoms with Crippen LogP contribution in [-0.2, 0) is 0 Å². The lowest BCUT2D eigenvalue weighted by atomic mass is 9.90. The van der Waals surface area contributed by atoms with Crippen molar-refractivity contribution in [2.75, 3.05) is 13.1 Å². The lowest BCUT2D eigenvalue weighted by molar-refractivity contribution is 0.109. The van der Waals surface area contributed by atoms with Gasteiger partial charge in [0, 0.05) is 5.54 Å². The lowest BCUT2D eigenvalue weighted by Gasteiger charge is -2.41. The van der Waals surface area contributed by atoms with Crippen molar-refractivity contribution in [1.29, 1.82) is 0 Å². The van der Waals surface area contributed by atoms with Gasteiger partial charge in [0.1, 0.15) is 0 Å². The van der Waals surface area contributed by atoms with Gasteiger partial charge in [0.25, 0.3) is 0 Å². The van der Waals surface area contributed by atoms with Gasteiger partial charge in [-0.25, -0.2) is 0 Å². The Bertz CT molecular complexity index is 182. The van der Waals surface area contributed by atoms with Crippen LogP contribution in [0.5, 0.6) is 0 Å². The third-order valence-electron chi connectivity index (χ3n) is 3.80. The number of unbranched alkanes of at least 4 members (excludes halogenated alkanes) is 2. The second-order valence-electron chi connectivity index (χ2n) is 5.07. The molecule has 15 heavy (non-hydrogen) atoms. The molecule has 1 saturated heterocycles. The molecule has 0 amide bonds. The first-order chi connectivity index (χ1) is 7.23. The standard InChI is InChI=1S/C14H27N/c1-4-6-8-11-14(3,5-2)15-12-9-7-10-13-15/h5H,2,4,6-13H2,1,3H3. The maximum Gasteiger partial charge on any atom is 0.0360 e. The van der Waals surface area contributed by atoms with Gasteiger partial charge in [0.15, 0.2) is 0 Å². The van der Waals surface area contributed by atoms with Gasteiger partial charge in [-0.05, 0) is 39.3 Å². The molecule has 0 aromatic rings. The highest BCUT2D eigenvalue weighted by atomic mass is 15.2. The quantitative estimate of drug-likeness (QED) is 0.472. The van der Waals surface area contributed by atoms with Crippen molar-refractivity contribution < 1.29 is 0 Å². The molecule has 1 nitrogen and oxygen atoms in total. The summed E-state index contributed by atoms with van der Waals surface area (Å²) in [6.45, 7) is 11.2. The van der Waals surface area contributed by atoms with Gasteiger partial charge in [-0.1, -0.05) is 38.7 Å². The lowest BCUT2D eigenvalue weighted by Crippen LogP contribution is -2.47. The van der Waals surface area contributed by atoms with Crippen molar-refractivity contribution in [2.24, 2.45) is 0 Å². The van der Waals surface area contributed by atoms with Crippen molar-refractivity contribution in [3.63, 3.8) is 0 Å². The highest BCUT2D eigenvalue weighted by molar-refractivity contribution is 5.01. The number of likely N-dealkylation sites (tertiary alicyclic amines) is 1. The van der Waals surface area contributed by atoms with Crippen LogP contribution in [0.3, 0.4) is 0 Å². The minimum absolute atomic E-state index is 0.260. The first kappa shape index (κ1) is 12.8. The van der Waals surface area contributed by atoms with E-state index in [2.05, 4.69) is 31.4 Å². The van der Waals surface area contributed by atoms with Gasteiger partial charge < -0.3 is 0 Å². The zero-order valence-electron chi connectivity index (χ0n) is 10.6. The molecular weight excluding hydrogens is 182 g/mol. The molecule has 1 aliphatic rings. The molecule has 0 N–H and O–H groups in total. The van der Waals surface area contributed by atoms with Crippen LogP contribution in [0.2, 0.25) is 0 Å². The summed E-state index contributed by atoms with van der Waals surface area (Å²) < 4.78 is 0. The Hall–Kier alpha value is -0.300. The maximum atomic E-state index is 4.05. The average molecular weight is 209 g/mol. The molecule has 0 bridgehead atoms. The minimum atomic E-state index is 0.260. The summed E-state index contributed by atoms with van der Waals surface area (Å²) >= 11 is 0. The zero-order chi connectivity index (χ0) is 11.1. The minimum Gasteiger partial charge on any atom is -0.294 e. The van der Waals surface area contributed by atoms with Crippen molar-refractivity contribution in [3.8, 4) is 0 Å². The Labute approximate surface area is 95.5 Å². The van der Waals surface area contributed by atoms with Crippen molar-refractivity contribution in [3.05, 3.63) is 12.7 Å². The van der Waals surface area contributed by atoms with Crippen LogP contribution in [0, 0.1) is 0 Å². The Morgan fingerprint density at radius 1 is 1.20 bits per heavy atom. The van der Waals surface area contributed by atoms with E-state index in [0.29, 0.717) is 0 Å². The van der Waals surface area contributed by atoms with Crippen LogP contribution in [0.25, 0.3) is 0 Å². The average Bonchev–Trinajstić information content (AvgIpc) is 2.30. The molecule has 1 unspecified atom stereocenters. The van der Waals surface area contributed by atoms with Gasteiger partial charge in [-0.15, -0.1) is 6.58 Å². The summed E-state index contributed by atoms with van der Waals surface area (Å²) in [5.41, 5.74) is 0.260. The van der Waals surface area contributed by atoms with Gasteiger partial charge in [0.05, 0.1) is 0 Å². The monoisotopic (exact) mass is 209 g/mol. The van der Waals surface area contributed by atoms with E-state index in [4.69, 9.17) is 0 Å². The van der Waals surface area contributed by atoms with Crippen LogP contribution in [-0.4, -0.2) is 23.5 Å². The molecule has 1 aliphatic heterocycles. The predicted molar refractivity (Wildman–Crippen MR) is 68.2 cm³/mol. The third kappa shape index (κ3) is 3.64. The fourth-order valence-electron chi connectivity index (χ4n) is 2.53. The Kier molecular flexibility index (Phi) is 5.38. The summed E-state index contributed by atoms with van der Waals surface area (Å²) in [6, 6.07) is 0. The van der Waals surface area contributed by atoms with E-state index in [1.807, 2.05) is 0 Å². The summed E-state index contributed by atoms with van der Waals surface area (Å²) in [4.78, 5) is 2.64. The normalized spacial score (nSPS) is 22.3. The van der Waals surface area contributed by atoms with Crippen molar-refractivity contribution in [1.82, 2.24) is 4.90 Å². The summed E-state index contributed by atoms with van der Waals surface area (Å²) in [6.07, 6.45) is 11.6. The SMILES string of the molecule is C=CC(C)(CCCCC)N1CCCCC1. The van der Waals surface area contributed by atoms with E-state index in [1.165, 1.54) is 58.0 Å². The second kappa shape index (κ2) is 6.32. The zero-order valence-corrected chi connectivity index (χ0v) is 10.6. The molecule has 0 aromatic heterocycles. The van der Waals surface area contributed by atoms with Crippen LogP contribution in [0.4, 0.5) is 0 Å². The summed E-state index contributed by atoms with van der Waals surface area (Å²) in [7, 11) is 0. The molecule has 1 heterocycles. The van der Waals surface area contributed by atoms with Crippen molar-refractivity contribution >= 4 is 0 Å². The molecule has 0 radical (unpaired) electrons. The Balaban J connectivity index is 2.45. The smallest absolute Gasteiger partial charge is 0.0360 e. The number of hydrogen-bond donors (Lipinski definition) is 0. The van der Waals surface area contributed by atoms with Gasteiger partial charge in [-0.3, -0.25) is 4.90 Å². The van der Waals surface area contributed by atoms with E-state index in [0.717, 1.165) is 0 Å². The molecule has 88 valence electrons.